The lowest BCUT2D eigenvalue weighted by atomic mass is 9.88. The lowest BCUT2D eigenvalue weighted by Crippen LogP contribution is -2.34. The van der Waals surface area contributed by atoms with Crippen molar-refractivity contribution in [1.29, 1.82) is 0 Å². The summed E-state index contributed by atoms with van der Waals surface area (Å²) in [6.45, 7) is 3.46. The number of aliphatic hydroxyl groups is 1. The van der Waals surface area contributed by atoms with Crippen LogP contribution in [-0.2, 0) is 0 Å². The minimum Gasteiger partial charge on any atom is -0.393 e. The Kier molecular flexibility index (Phi) is 2.93. The van der Waals surface area contributed by atoms with Gasteiger partial charge in [-0.25, -0.2) is 0 Å². The minimum atomic E-state index is -0.0632. The predicted octanol–water partition coefficient (Wildman–Crippen LogP) is 2.59. The van der Waals surface area contributed by atoms with Gasteiger partial charge in [0.1, 0.15) is 0 Å². The van der Waals surface area contributed by atoms with E-state index < -0.39 is 0 Å². The standard InChI is InChI=1S/C15H21NO/c1-11(13-5-3-2-4-6-13)16-10-12-7-14(16)9-15(17)8-12/h2-6,11-12,14-15,17H,7-10H2,1H3/t11-,12-,14+,15-/m0/s1. The van der Waals surface area contributed by atoms with E-state index in [9.17, 15) is 5.11 Å². The molecule has 0 aromatic heterocycles. The molecule has 0 unspecified atom stereocenters. The summed E-state index contributed by atoms with van der Waals surface area (Å²) in [6, 6.07) is 11.8. The van der Waals surface area contributed by atoms with E-state index in [0.29, 0.717) is 12.1 Å². The minimum absolute atomic E-state index is 0.0632. The highest BCUT2D eigenvalue weighted by Crippen LogP contribution is 2.40. The molecule has 0 amide bonds. The molecule has 1 heterocycles. The Morgan fingerprint density at radius 1 is 1.18 bits per heavy atom. The third-order valence-corrected chi connectivity index (χ3v) is 4.47. The molecule has 4 atom stereocenters. The van der Waals surface area contributed by atoms with Crippen LogP contribution in [0.4, 0.5) is 0 Å². The fourth-order valence-electron chi connectivity index (χ4n) is 3.64. The number of fused-ring (bicyclic) bond motifs is 2. The van der Waals surface area contributed by atoms with Crippen molar-refractivity contribution in [1.82, 2.24) is 4.90 Å². The molecule has 1 aliphatic carbocycles. The molecule has 0 spiro atoms. The van der Waals surface area contributed by atoms with E-state index in [-0.39, 0.29) is 6.10 Å². The van der Waals surface area contributed by atoms with Gasteiger partial charge in [0.2, 0.25) is 0 Å². The van der Waals surface area contributed by atoms with E-state index in [0.717, 1.165) is 25.3 Å². The van der Waals surface area contributed by atoms with Crippen molar-refractivity contribution in [2.45, 2.75) is 44.4 Å². The largest absolute Gasteiger partial charge is 0.393 e. The zero-order valence-corrected chi connectivity index (χ0v) is 10.4. The van der Waals surface area contributed by atoms with Crippen LogP contribution in [0.2, 0.25) is 0 Å². The second kappa shape index (κ2) is 4.43. The number of rotatable bonds is 2. The van der Waals surface area contributed by atoms with Gasteiger partial charge in [0.25, 0.3) is 0 Å². The van der Waals surface area contributed by atoms with Gasteiger partial charge in [-0.05, 0) is 37.7 Å². The number of hydrogen-bond acceptors (Lipinski definition) is 2. The first-order valence-electron chi connectivity index (χ1n) is 6.73. The number of likely N-dealkylation sites (tertiary alicyclic amines) is 1. The van der Waals surface area contributed by atoms with E-state index >= 15 is 0 Å². The molecule has 2 nitrogen and oxygen atoms in total. The van der Waals surface area contributed by atoms with Crippen molar-refractivity contribution in [3.63, 3.8) is 0 Å². The van der Waals surface area contributed by atoms with Gasteiger partial charge in [0.05, 0.1) is 6.10 Å². The van der Waals surface area contributed by atoms with Gasteiger partial charge in [0.15, 0.2) is 0 Å². The molecular formula is C15H21NO. The lowest BCUT2D eigenvalue weighted by Gasteiger charge is -2.31. The molecule has 0 radical (unpaired) electrons. The molecular weight excluding hydrogens is 210 g/mol. The van der Waals surface area contributed by atoms with E-state index in [1.807, 2.05) is 0 Å². The molecule has 92 valence electrons. The fraction of sp³-hybridized carbons (Fsp3) is 0.600. The average molecular weight is 231 g/mol. The Morgan fingerprint density at radius 2 is 1.94 bits per heavy atom. The summed E-state index contributed by atoms with van der Waals surface area (Å²) >= 11 is 0. The molecule has 1 N–H and O–H groups in total. The van der Waals surface area contributed by atoms with Crippen molar-refractivity contribution >= 4 is 0 Å². The molecule has 17 heavy (non-hydrogen) atoms. The Morgan fingerprint density at radius 3 is 2.71 bits per heavy atom. The first kappa shape index (κ1) is 11.2. The highest BCUT2D eigenvalue weighted by atomic mass is 16.3. The van der Waals surface area contributed by atoms with Gasteiger partial charge >= 0.3 is 0 Å². The molecule has 2 heteroatoms. The highest BCUT2D eigenvalue weighted by molar-refractivity contribution is 5.19. The highest BCUT2D eigenvalue weighted by Gasteiger charge is 2.40. The summed E-state index contributed by atoms with van der Waals surface area (Å²) in [4.78, 5) is 2.59. The molecule has 3 rings (SSSR count). The van der Waals surface area contributed by atoms with Crippen LogP contribution in [0.25, 0.3) is 0 Å². The summed E-state index contributed by atoms with van der Waals surface area (Å²) in [6.07, 6.45) is 3.20. The summed E-state index contributed by atoms with van der Waals surface area (Å²) in [5.74, 6) is 0.718. The second-order valence-electron chi connectivity index (χ2n) is 5.66. The van der Waals surface area contributed by atoms with Crippen LogP contribution in [-0.4, -0.2) is 28.7 Å². The van der Waals surface area contributed by atoms with Crippen LogP contribution in [0.15, 0.2) is 30.3 Å². The van der Waals surface area contributed by atoms with E-state index in [4.69, 9.17) is 0 Å². The maximum Gasteiger partial charge on any atom is 0.0558 e. The SMILES string of the molecule is C[C@@H](c1ccccc1)N1C[C@@H]2C[C@H](O)C[C@H]1C2. The zero-order chi connectivity index (χ0) is 11.8. The van der Waals surface area contributed by atoms with Crippen LogP contribution in [0.1, 0.15) is 37.8 Å². The lowest BCUT2D eigenvalue weighted by molar-refractivity contribution is 0.0907. The summed E-state index contributed by atoms with van der Waals surface area (Å²) in [5.41, 5.74) is 1.40. The Hall–Kier alpha value is -0.860. The quantitative estimate of drug-likeness (QED) is 0.845. The molecule has 2 bridgehead atoms. The van der Waals surface area contributed by atoms with Crippen molar-refractivity contribution < 1.29 is 5.11 Å². The monoisotopic (exact) mass is 231 g/mol. The van der Waals surface area contributed by atoms with E-state index in [1.165, 1.54) is 12.0 Å². The van der Waals surface area contributed by atoms with Gasteiger partial charge < -0.3 is 5.11 Å². The van der Waals surface area contributed by atoms with Crippen molar-refractivity contribution in [3.05, 3.63) is 35.9 Å². The molecule has 2 fully saturated rings. The third kappa shape index (κ3) is 2.12. The van der Waals surface area contributed by atoms with Crippen molar-refractivity contribution in [2.24, 2.45) is 5.92 Å². The number of benzene rings is 1. The zero-order valence-electron chi connectivity index (χ0n) is 10.4. The summed E-state index contributed by atoms with van der Waals surface area (Å²) in [5, 5.41) is 9.83. The van der Waals surface area contributed by atoms with Gasteiger partial charge in [-0.15, -0.1) is 0 Å². The molecule has 1 aromatic rings. The number of hydrogen-bond donors (Lipinski definition) is 1. The van der Waals surface area contributed by atoms with E-state index in [2.05, 4.69) is 42.2 Å². The molecule has 1 saturated carbocycles. The second-order valence-corrected chi connectivity index (χ2v) is 5.66. The van der Waals surface area contributed by atoms with Crippen LogP contribution in [0.3, 0.4) is 0 Å². The van der Waals surface area contributed by atoms with Crippen molar-refractivity contribution in [3.8, 4) is 0 Å². The predicted molar refractivity (Wildman–Crippen MR) is 68.7 cm³/mol. The first-order valence-corrected chi connectivity index (χ1v) is 6.73. The third-order valence-electron chi connectivity index (χ3n) is 4.47. The van der Waals surface area contributed by atoms with Crippen LogP contribution >= 0.6 is 0 Å². The Balaban J connectivity index is 1.77. The molecule has 1 aromatic carbocycles. The Bertz CT molecular complexity index is 378. The first-order chi connectivity index (χ1) is 8.24. The van der Waals surface area contributed by atoms with Crippen LogP contribution in [0, 0.1) is 5.92 Å². The number of nitrogens with zero attached hydrogens (tertiary/aromatic N) is 1. The van der Waals surface area contributed by atoms with Gasteiger partial charge in [-0.1, -0.05) is 30.3 Å². The van der Waals surface area contributed by atoms with Crippen LogP contribution < -0.4 is 0 Å². The summed E-state index contributed by atoms with van der Waals surface area (Å²) < 4.78 is 0. The Labute approximate surface area is 103 Å². The summed E-state index contributed by atoms with van der Waals surface area (Å²) in [7, 11) is 0. The number of aliphatic hydroxyl groups excluding tert-OH is 1. The molecule has 1 saturated heterocycles. The van der Waals surface area contributed by atoms with Gasteiger partial charge in [-0.3, -0.25) is 4.90 Å². The fourth-order valence-corrected chi connectivity index (χ4v) is 3.64. The molecule has 1 aliphatic heterocycles. The molecule has 2 aliphatic rings. The topological polar surface area (TPSA) is 23.5 Å². The van der Waals surface area contributed by atoms with Gasteiger partial charge in [0, 0.05) is 18.6 Å². The van der Waals surface area contributed by atoms with Gasteiger partial charge in [-0.2, -0.15) is 0 Å². The van der Waals surface area contributed by atoms with Crippen LogP contribution in [0.5, 0.6) is 0 Å². The normalized spacial score (nSPS) is 34.8. The smallest absolute Gasteiger partial charge is 0.0558 e. The maximum absolute atomic E-state index is 9.83. The van der Waals surface area contributed by atoms with Crippen molar-refractivity contribution in [2.75, 3.05) is 6.54 Å². The maximum atomic E-state index is 9.83. The average Bonchev–Trinajstić information content (AvgIpc) is 2.65. The van der Waals surface area contributed by atoms with E-state index in [1.54, 1.807) is 0 Å².